The Morgan fingerprint density at radius 3 is 2.62 bits per heavy atom. The van der Waals surface area contributed by atoms with Gasteiger partial charge in [-0.25, -0.2) is 4.98 Å². The number of carbonyl (C=O) groups excluding carboxylic acids is 1. The molecule has 3 rings (SSSR count). The molecule has 0 bridgehead atoms. The van der Waals surface area contributed by atoms with Crippen LogP contribution in [0, 0.1) is 13.8 Å². The van der Waals surface area contributed by atoms with Gasteiger partial charge in [-0.1, -0.05) is 12.1 Å². The lowest BCUT2D eigenvalue weighted by molar-refractivity contribution is -0.137. The number of nitrogens with one attached hydrogen (secondary N) is 1. The number of hydrogen-bond acceptors (Lipinski definition) is 2. The zero-order valence-electron chi connectivity index (χ0n) is 13.0. The number of hydrogen-bond donors (Lipinski definition) is 1. The Labute approximate surface area is 135 Å². The summed E-state index contributed by atoms with van der Waals surface area (Å²) in [6.07, 6.45) is -2.76. The van der Waals surface area contributed by atoms with Crippen molar-refractivity contribution in [1.82, 2.24) is 9.38 Å². The molecule has 0 saturated heterocycles. The maximum absolute atomic E-state index is 12.8. The lowest BCUT2D eigenvalue weighted by Gasteiger charge is -2.10. The quantitative estimate of drug-likeness (QED) is 0.763. The molecule has 1 aromatic carbocycles. The van der Waals surface area contributed by atoms with Gasteiger partial charge in [0.25, 0.3) is 5.91 Å². The van der Waals surface area contributed by atoms with E-state index in [1.54, 1.807) is 23.6 Å². The van der Waals surface area contributed by atoms with E-state index in [1.807, 2.05) is 13.0 Å². The fourth-order valence-corrected chi connectivity index (χ4v) is 2.55. The topological polar surface area (TPSA) is 46.4 Å². The number of imidazole rings is 1. The van der Waals surface area contributed by atoms with Crippen LogP contribution in [0.25, 0.3) is 5.65 Å². The first-order valence-corrected chi connectivity index (χ1v) is 7.20. The third-order valence-corrected chi connectivity index (χ3v) is 3.68. The van der Waals surface area contributed by atoms with Gasteiger partial charge in [0.05, 0.1) is 11.3 Å². The van der Waals surface area contributed by atoms with E-state index in [4.69, 9.17) is 0 Å². The van der Waals surface area contributed by atoms with Crippen molar-refractivity contribution in [2.75, 3.05) is 5.32 Å². The zero-order chi connectivity index (χ0) is 17.5. The van der Waals surface area contributed by atoms with Crippen molar-refractivity contribution >= 4 is 17.2 Å². The summed E-state index contributed by atoms with van der Waals surface area (Å²) in [6, 6.07) is 8.18. The van der Waals surface area contributed by atoms with E-state index in [2.05, 4.69) is 10.3 Å². The van der Waals surface area contributed by atoms with Gasteiger partial charge >= 0.3 is 6.18 Å². The van der Waals surface area contributed by atoms with Gasteiger partial charge < -0.3 is 5.32 Å². The van der Waals surface area contributed by atoms with Crippen molar-refractivity contribution in [2.24, 2.45) is 0 Å². The summed E-state index contributed by atoms with van der Waals surface area (Å²) in [7, 11) is 0. The molecule has 0 atom stereocenters. The highest BCUT2D eigenvalue weighted by Gasteiger charge is 2.30. The lowest BCUT2D eigenvalue weighted by atomic mass is 10.2. The van der Waals surface area contributed by atoms with Crippen molar-refractivity contribution in [1.29, 1.82) is 0 Å². The van der Waals surface area contributed by atoms with Gasteiger partial charge in [0.2, 0.25) is 0 Å². The number of aryl methyl sites for hydroxylation is 2. The van der Waals surface area contributed by atoms with Crippen molar-refractivity contribution in [2.45, 2.75) is 20.0 Å². The van der Waals surface area contributed by atoms with Crippen LogP contribution in [0.3, 0.4) is 0 Å². The van der Waals surface area contributed by atoms with E-state index in [-0.39, 0.29) is 5.69 Å². The van der Waals surface area contributed by atoms with Gasteiger partial charge in [0.15, 0.2) is 0 Å². The molecule has 0 aliphatic carbocycles. The van der Waals surface area contributed by atoms with Gasteiger partial charge in [0.1, 0.15) is 11.3 Å². The number of nitrogens with zero attached hydrogens (tertiary/aromatic N) is 2. The molecular formula is C17H14F3N3O. The fourth-order valence-electron chi connectivity index (χ4n) is 2.55. The Balaban J connectivity index is 1.97. The average Bonchev–Trinajstić information content (AvgIpc) is 2.84. The minimum Gasteiger partial charge on any atom is -0.321 e. The molecular weight excluding hydrogens is 319 g/mol. The maximum Gasteiger partial charge on any atom is 0.416 e. The Morgan fingerprint density at radius 1 is 1.17 bits per heavy atom. The number of alkyl halides is 3. The lowest BCUT2D eigenvalue weighted by Crippen LogP contribution is -2.16. The van der Waals surface area contributed by atoms with Gasteiger partial charge in [-0.2, -0.15) is 13.2 Å². The number of anilines is 1. The Morgan fingerprint density at radius 2 is 1.92 bits per heavy atom. The van der Waals surface area contributed by atoms with E-state index in [0.29, 0.717) is 17.0 Å². The molecule has 1 N–H and O–H groups in total. The molecule has 24 heavy (non-hydrogen) atoms. The standard InChI is InChI=1S/C17H14F3N3O/c1-10-5-4-8-23-14(11(2)21-15(10)23)16(24)22-13-7-3-6-12(9-13)17(18,19)20/h3-9H,1-2H3,(H,22,24). The second-order valence-electron chi connectivity index (χ2n) is 5.46. The SMILES string of the molecule is Cc1nc2c(C)cccn2c1C(=O)Nc1cccc(C(F)(F)F)c1. The Hall–Kier alpha value is -2.83. The smallest absolute Gasteiger partial charge is 0.321 e. The number of aromatic nitrogens is 2. The molecule has 0 spiro atoms. The minimum absolute atomic E-state index is 0.0804. The fraction of sp³-hybridized carbons (Fsp3) is 0.176. The average molecular weight is 333 g/mol. The molecule has 7 heteroatoms. The number of halogens is 3. The van der Waals surface area contributed by atoms with Crippen molar-refractivity contribution in [3.63, 3.8) is 0 Å². The second-order valence-corrected chi connectivity index (χ2v) is 5.46. The zero-order valence-corrected chi connectivity index (χ0v) is 13.0. The molecule has 0 unspecified atom stereocenters. The highest BCUT2D eigenvalue weighted by atomic mass is 19.4. The van der Waals surface area contributed by atoms with E-state index in [0.717, 1.165) is 17.7 Å². The molecule has 3 aromatic rings. The van der Waals surface area contributed by atoms with E-state index in [9.17, 15) is 18.0 Å². The predicted molar refractivity (Wildman–Crippen MR) is 84.1 cm³/mol. The summed E-state index contributed by atoms with van der Waals surface area (Å²) in [6.45, 7) is 3.56. The monoisotopic (exact) mass is 333 g/mol. The largest absolute Gasteiger partial charge is 0.416 e. The summed E-state index contributed by atoms with van der Waals surface area (Å²) in [5.74, 6) is -0.509. The van der Waals surface area contributed by atoms with Crippen LogP contribution in [0.15, 0.2) is 42.6 Å². The molecule has 2 heterocycles. The van der Waals surface area contributed by atoms with Crippen molar-refractivity contribution in [3.8, 4) is 0 Å². The van der Waals surface area contributed by atoms with E-state index in [1.165, 1.54) is 12.1 Å². The summed E-state index contributed by atoms with van der Waals surface area (Å²) >= 11 is 0. The molecule has 0 aliphatic heterocycles. The molecule has 2 aromatic heterocycles. The first kappa shape index (κ1) is 16.0. The Kier molecular flexibility index (Phi) is 3.79. The number of amides is 1. The normalized spacial score (nSPS) is 11.7. The van der Waals surface area contributed by atoms with Crippen molar-refractivity contribution in [3.05, 3.63) is 65.1 Å². The summed E-state index contributed by atoms with van der Waals surface area (Å²) in [4.78, 5) is 16.9. The number of pyridine rings is 1. The molecule has 0 fully saturated rings. The summed E-state index contributed by atoms with van der Waals surface area (Å²) < 4.78 is 39.9. The van der Waals surface area contributed by atoms with Crippen LogP contribution in [0.1, 0.15) is 27.3 Å². The number of benzene rings is 1. The molecule has 0 saturated carbocycles. The van der Waals surface area contributed by atoms with Crippen LogP contribution < -0.4 is 5.32 Å². The van der Waals surface area contributed by atoms with Crippen molar-refractivity contribution < 1.29 is 18.0 Å². The first-order valence-electron chi connectivity index (χ1n) is 7.20. The van der Waals surface area contributed by atoms with Crippen LogP contribution in [0.4, 0.5) is 18.9 Å². The second kappa shape index (κ2) is 5.67. The predicted octanol–water partition coefficient (Wildman–Crippen LogP) is 4.22. The highest BCUT2D eigenvalue weighted by molar-refractivity contribution is 6.04. The third-order valence-electron chi connectivity index (χ3n) is 3.68. The highest BCUT2D eigenvalue weighted by Crippen LogP contribution is 2.30. The van der Waals surface area contributed by atoms with Gasteiger partial charge in [0, 0.05) is 11.9 Å². The minimum atomic E-state index is -4.46. The van der Waals surface area contributed by atoms with Gasteiger partial charge in [-0.3, -0.25) is 9.20 Å². The van der Waals surface area contributed by atoms with Crippen LogP contribution in [0.2, 0.25) is 0 Å². The van der Waals surface area contributed by atoms with E-state index >= 15 is 0 Å². The first-order chi connectivity index (χ1) is 11.3. The number of rotatable bonds is 2. The molecule has 1 amide bonds. The maximum atomic E-state index is 12.8. The van der Waals surface area contributed by atoms with Crippen LogP contribution in [0.5, 0.6) is 0 Å². The molecule has 0 radical (unpaired) electrons. The molecule has 0 aliphatic rings. The van der Waals surface area contributed by atoms with Gasteiger partial charge in [-0.05, 0) is 43.7 Å². The molecule has 4 nitrogen and oxygen atoms in total. The Bertz CT molecular complexity index is 928. The van der Waals surface area contributed by atoms with E-state index < -0.39 is 17.6 Å². The van der Waals surface area contributed by atoms with Crippen LogP contribution >= 0.6 is 0 Å². The third kappa shape index (κ3) is 2.84. The summed E-state index contributed by atoms with van der Waals surface area (Å²) in [5, 5.41) is 2.51. The summed E-state index contributed by atoms with van der Waals surface area (Å²) in [5.41, 5.74) is 1.62. The van der Waals surface area contributed by atoms with Gasteiger partial charge in [-0.15, -0.1) is 0 Å². The molecule has 124 valence electrons. The van der Waals surface area contributed by atoms with Crippen LogP contribution in [-0.4, -0.2) is 15.3 Å². The number of fused-ring (bicyclic) bond motifs is 1. The number of carbonyl (C=O) groups is 1. The van der Waals surface area contributed by atoms with Crippen LogP contribution in [-0.2, 0) is 6.18 Å².